The summed E-state index contributed by atoms with van der Waals surface area (Å²) in [7, 11) is 0. The number of halogens is 2. The molecule has 8 heteroatoms. The number of hydrogen-bond donors (Lipinski definition) is 1. The smallest absolute Gasteiger partial charge is 0.322 e. The van der Waals surface area contributed by atoms with E-state index in [1.807, 2.05) is 49.4 Å². The normalized spacial score (nSPS) is 10.5. The highest BCUT2D eigenvalue weighted by Crippen LogP contribution is 2.30. The summed E-state index contributed by atoms with van der Waals surface area (Å²) < 4.78 is 5.67. The number of nitrogens with zero attached hydrogens (tertiary/aromatic N) is 2. The fraction of sp³-hybridized carbons (Fsp3) is 0.200. The summed E-state index contributed by atoms with van der Waals surface area (Å²) >= 11 is 12.3. The maximum Gasteiger partial charge on any atom is 0.322 e. The third-order valence-electron chi connectivity index (χ3n) is 4.87. The van der Waals surface area contributed by atoms with E-state index >= 15 is 0 Å². The number of carbonyl (C=O) groups is 2. The molecule has 0 saturated carbocycles. The Kier molecular flexibility index (Phi) is 8.58. The van der Waals surface area contributed by atoms with E-state index in [2.05, 4.69) is 11.9 Å². The standard InChI is InChI=1S/C25H25Cl2N3O3/c1-3-14-29(25(32)28-24-21(26)10-7-11-22(24)27)17-23(31)30(15-19-8-5-4-6-9-19)16-20-13-12-18(2)33-20/h3-13H,1,14-17H2,2H3,(H,28,32). The van der Waals surface area contributed by atoms with Crippen LogP contribution in [0.3, 0.4) is 0 Å². The lowest BCUT2D eigenvalue weighted by Gasteiger charge is -2.27. The molecule has 0 fully saturated rings. The zero-order chi connectivity index (χ0) is 23.8. The zero-order valence-electron chi connectivity index (χ0n) is 18.3. The lowest BCUT2D eigenvalue weighted by Crippen LogP contribution is -2.44. The summed E-state index contributed by atoms with van der Waals surface area (Å²) in [6.07, 6.45) is 1.55. The Morgan fingerprint density at radius 3 is 2.27 bits per heavy atom. The Balaban J connectivity index is 1.77. The molecule has 0 atom stereocenters. The molecule has 3 amide bonds. The van der Waals surface area contributed by atoms with Gasteiger partial charge in [-0.15, -0.1) is 6.58 Å². The van der Waals surface area contributed by atoms with Crippen LogP contribution < -0.4 is 5.32 Å². The summed E-state index contributed by atoms with van der Waals surface area (Å²) in [5.74, 6) is 1.19. The van der Waals surface area contributed by atoms with Crippen LogP contribution >= 0.6 is 23.2 Å². The van der Waals surface area contributed by atoms with E-state index in [1.165, 1.54) is 4.90 Å². The number of urea groups is 1. The molecule has 33 heavy (non-hydrogen) atoms. The minimum Gasteiger partial charge on any atom is -0.464 e. The van der Waals surface area contributed by atoms with E-state index in [0.717, 1.165) is 11.3 Å². The summed E-state index contributed by atoms with van der Waals surface area (Å²) in [5.41, 5.74) is 1.26. The number of amides is 3. The first-order chi connectivity index (χ1) is 15.9. The molecule has 1 N–H and O–H groups in total. The highest BCUT2D eigenvalue weighted by atomic mass is 35.5. The molecule has 1 heterocycles. The highest BCUT2D eigenvalue weighted by Gasteiger charge is 2.23. The first kappa shape index (κ1) is 24.4. The molecule has 0 aliphatic carbocycles. The van der Waals surface area contributed by atoms with Gasteiger partial charge >= 0.3 is 6.03 Å². The number of aryl methyl sites for hydroxylation is 1. The predicted molar refractivity (Wildman–Crippen MR) is 131 cm³/mol. The molecule has 1 aromatic heterocycles. The van der Waals surface area contributed by atoms with Crippen LogP contribution in [0.5, 0.6) is 0 Å². The number of benzene rings is 2. The van der Waals surface area contributed by atoms with Crippen LogP contribution in [0.2, 0.25) is 10.0 Å². The van der Waals surface area contributed by atoms with Gasteiger partial charge in [-0.2, -0.15) is 0 Å². The Morgan fingerprint density at radius 1 is 0.970 bits per heavy atom. The summed E-state index contributed by atoms with van der Waals surface area (Å²) in [4.78, 5) is 29.3. The summed E-state index contributed by atoms with van der Waals surface area (Å²) in [6.45, 7) is 6.21. The third kappa shape index (κ3) is 6.88. The number of rotatable bonds is 9. The second-order valence-electron chi connectivity index (χ2n) is 7.44. The average molecular weight is 486 g/mol. The van der Waals surface area contributed by atoms with Crippen LogP contribution in [0.15, 0.2) is 77.7 Å². The molecule has 0 aliphatic rings. The molecular weight excluding hydrogens is 461 g/mol. The Morgan fingerprint density at radius 2 is 1.67 bits per heavy atom. The molecule has 0 aliphatic heterocycles. The number of hydrogen-bond acceptors (Lipinski definition) is 3. The summed E-state index contributed by atoms with van der Waals surface area (Å²) in [6, 6.07) is 17.8. The molecule has 0 radical (unpaired) electrons. The number of anilines is 1. The lowest BCUT2D eigenvalue weighted by molar-refractivity contribution is -0.133. The van der Waals surface area contributed by atoms with Crippen LogP contribution in [0.1, 0.15) is 17.1 Å². The van der Waals surface area contributed by atoms with E-state index in [9.17, 15) is 9.59 Å². The van der Waals surface area contributed by atoms with E-state index in [4.69, 9.17) is 27.6 Å². The fourth-order valence-electron chi connectivity index (χ4n) is 3.24. The quantitative estimate of drug-likeness (QED) is 0.370. The molecule has 2 aromatic carbocycles. The van der Waals surface area contributed by atoms with Crippen molar-refractivity contribution in [2.75, 3.05) is 18.4 Å². The molecule has 0 bridgehead atoms. The van der Waals surface area contributed by atoms with Crippen LogP contribution in [0, 0.1) is 6.92 Å². The zero-order valence-corrected chi connectivity index (χ0v) is 19.8. The van der Waals surface area contributed by atoms with E-state index in [0.29, 0.717) is 28.0 Å². The van der Waals surface area contributed by atoms with Gasteiger partial charge in [-0.1, -0.05) is 65.7 Å². The van der Waals surface area contributed by atoms with Gasteiger partial charge in [-0.05, 0) is 36.8 Å². The monoisotopic (exact) mass is 485 g/mol. The Bertz CT molecular complexity index is 1090. The van der Waals surface area contributed by atoms with Crippen molar-refractivity contribution in [3.05, 3.63) is 100 Å². The van der Waals surface area contributed by atoms with Crippen molar-refractivity contribution in [1.29, 1.82) is 0 Å². The van der Waals surface area contributed by atoms with E-state index < -0.39 is 6.03 Å². The van der Waals surface area contributed by atoms with Gasteiger partial charge in [0.25, 0.3) is 0 Å². The average Bonchev–Trinajstić information content (AvgIpc) is 3.20. The highest BCUT2D eigenvalue weighted by molar-refractivity contribution is 6.39. The van der Waals surface area contributed by atoms with Crippen LogP contribution in [0.25, 0.3) is 0 Å². The number of nitrogens with one attached hydrogen (secondary N) is 1. The Hall–Kier alpha value is -3.22. The molecule has 6 nitrogen and oxygen atoms in total. The SMILES string of the molecule is C=CCN(CC(=O)N(Cc1ccccc1)Cc1ccc(C)o1)C(=O)Nc1c(Cl)cccc1Cl. The first-order valence-electron chi connectivity index (χ1n) is 10.3. The second kappa shape index (κ2) is 11.6. The lowest BCUT2D eigenvalue weighted by atomic mass is 10.2. The van der Waals surface area contributed by atoms with Crippen LogP contribution in [-0.4, -0.2) is 34.8 Å². The molecule has 172 valence electrons. The number of carbonyl (C=O) groups excluding carboxylic acids is 2. The topological polar surface area (TPSA) is 65.8 Å². The fourth-order valence-corrected chi connectivity index (χ4v) is 3.73. The van der Waals surface area contributed by atoms with Crippen LogP contribution in [-0.2, 0) is 17.9 Å². The van der Waals surface area contributed by atoms with Crippen molar-refractivity contribution in [1.82, 2.24) is 9.80 Å². The van der Waals surface area contributed by atoms with Crippen molar-refractivity contribution in [2.24, 2.45) is 0 Å². The van der Waals surface area contributed by atoms with Gasteiger partial charge in [0.15, 0.2) is 0 Å². The molecular formula is C25H25Cl2N3O3. The molecule has 0 saturated heterocycles. The molecule has 3 rings (SSSR count). The number of furan rings is 1. The van der Waals surface area contributed by atoms with E-state index in [1.54, 1.807) is 29.2 Å². The van der Waals surface area contributed by atoms with Gasteiger partial charge in [0.2, 0.25) is 5.91 Å². The van der Waals surface area contributed by atoms with Gasteiger partial charge in [-0.3, -0.25) is 4.79 Å². The van der Waals surface area contributed by atoms with Crippen molar-refractivity contribution in [3.8, 4) is 0 Å². The molecule has 0 unspecified atom stereocenters. The molecule has 0 spiro atoms. The Labute approximate surface area is 203 Å². The largest absolute Gasteiger partial charge is 0.464 e. The van der Waals surface area contributed by atoms with E-state index in [-0.39, 0.29) is 25.5 Å². The summed E-state index contributed by atoms with van der Waals surface area (Å²) in [5, 5.41) is 3.31. The first-order valence-corrected chi connectivity index (χ1v) is 11.1. The van der Waals surface area contributed by atoms with Gasteiger partial charge in [-0.25, -0.2) is 4.79 Å². The van der Waals surface area contributed by atoms with Gasteiger partial charge < -0.3 is 19.5 Å². The van der Waals surface area contributed by atoms with Gasteiger partial charge in [0.05, 0.1) is 22.3 Å². The van der Waals surface area contributed by atoms with Gasteiger partial charge in [0.1, 0.15) is 18.1 Å². The minimum atomic E-state index is -0.508. The number of para-hydroxylation sites is 1. The van der Waals surface area contributed by atoms with Crippen molar-refractivity contribution < 1.29 is 14.0 Å². The second-order valence-corrected chi connectivity index (χ2v) is 8.26. The molecule has 3 aromatic rings. The third-order valence-corrected chi connectivity index (χ3v) is 5.50. The minimum absolute atomic E-state index is 0.160. The predicted octanol–water partition coefficient (Wildman–Crippen LogP) is 6.14. The van der Waals surface area contributed by atoms with Crippen molar-refractivity contribution in [2.45, 2.75) is 20.0 Å². The van der Waals surface area contributed by atoms with Crippen LogP contribution in [0.4, 0.5) is 10.5 Å². The van der Waals surface area contributed by atoms with Crippen molar-refractivity contribution in [3.63, 3.8) is 0 Å². The van der Waals surface area contributed by atoms with Crippen molar-refractivity contribution >= 4 is 40.8 Å². The maximum absolute atomic E-state index is 13.3. The maximum atomic E-state index is 13.3. The van der Waals surface area contributed by atoms with Gasteiger partial charge in [0, 0.05) is 13.1 Å².